The summed E-state index contributed by atoms with van der Waals surface area (Å²) in [5.74, 6) is 2.53. The lowest BCUT2D eigenvalue weighted by atomic mass is 9.93. The van der Waals surface area contributed by atoms with Gasteiger partial charge in [-0.1, -0.05) is 30.3 Å². The molecule has 1 saturated heterocycles. The maximum absolute atomic E-state index is 11.6. The zero-order chi connectivity index (χ0) is 21.2. The summed E-state index contributed by atoms with van der Waals surface area (Å²) in [4.78, 5) is 22.9. The summed E-state index contributed by atoms with van der Waals surface area (Å²) in [5.41, 5.74) is 1.37. The van der Waals surface area contributed by atoms with Gasteiger partial charge in [-0.25, -0.2) is 4.98 Å². The topological polar surface area (TPSA) is 74.5 Å². The predicted octanol–water partition coefficient (Wildman–Crippen LogP) is 3.06. The molecule has 31 heavy (non-hydrogen) atoms. The number of aryl methyl sites for hydroxylation is 2. The van der Waals surface area contributed by atoms with E-state index in [0.29, 0.717) is 18.9 Å². The van der Waals surface area contributed by atoms with E-state index in [9.17, 15) is 4.79 Å². The van der Waals surface area contributed by atoms with Gasteiger partial charge in [-0.15, -0.1) is 24.0 Å². The van der Waals surface area contributed by atoms with Crippen LogP contribution in [0.3, 0.4) is 0 Å². The summed E-state index contributed by atoms with van der Waals surface area (Å²) in [6, 6.07) is 10.6. The van der Waals surface area contributed by atoms with Gasteiger partial charge in [-0.3, -0.25) is 9.79 Å². The molecule has 0 spiro atoms. The van der Waals surface area contributed by atoms with Crippen LogP contribution in [0, 0.1) is 5.92 Å². The molecule has 2 aromatic rings. The Bertz CT molecular complexity index is 814. The summed E-state index contributed by atoms with van der Waals surface area (Å²) < 4.78 is 2.22. The Morgan fingerprint density at radius 2 is 1.97 bits per heavy atom. The minimum absolute atomic E-state index is 0. The molecule has 1 fully saturated rings. The van der Waals surface area contributed by atoms with Gasteiger partial charge in [0.25, 0.3) is 0 Å². The lowest BCUT2D eigenvalue weighted by Gasteiger charge is -2.34. The van der Waals surface area contributed by atoms with Crippen molar-refractivity contribution in [3.63, 3.8) is 0 Å². The van der Waals surface area contributed by atoms with Crippen LogP contribution >= 0.6 is 24.0 Å². The number of aromatic nitrogens is 2. The number of carbonyl (C=O) groups excluding carboxylic acids is 1. The number of nitrogens with zero attached hydrogens (tertiary/aromatic N) is 4. The fourth-order valence-electron chi connectivity index (χ4n) is 4.01. The highest BCUT2D eigenvalue weighted by molar-refractivity contribution is 14.0. The van der Waals surface area contributed by atoms with E-state index < -0.39 is 0 Å². The lowest BCUT2D eigenvalue weighted by Crippen LogP contribution is -2.46. The molecule has 2 heterocycles. The average Bonchev–Trinajstić information content (AvgIpc) is 3.23. The summed E-state index contributed by atoms with van der Waals surface area (Å²) in [6.45, 7) is 3.46. The molecule has 2 N–H and O–H groups in total. The first-order valence-corrected chi connectivity index (χ1v) is 10.9. The van der Waals surface area contributed by atoms with Gasteiger partial charge in [-0.2, -0.15) is 0 Å². The highest BCUT2D eigenvalue weighted by atomic mass is 127. The van der Waals surface area contributed by atoms with Gasteiger partial charge >= 0.3 is 0 Å². The Kier molecular flexibility index (Phi) is 10.8. The molecule has 0 bridgehead atoms. The van der Waals surface area contributed by atoms with Gasteiger partial charge in [-0.05, 0) is 37.2 Å². The van der Waals surface area contributed by atoms with E-state index in [-0.39, 0.29) is 29.9 Å². The molecule has 0 saturated carbocycles. The fourth-order valence-corrected chi connectivity index (χ4v) is 4.01. The van der Waals surface area contributed by atoms with Crippen molar-refractivity contribution in [3.8, 4) is 0 Å². The number of hydrogen-bond donors (Lipinski definition) is 2. The standard InChI is InChI=1S/C23H34N6O.HI/c1-24-22(30)17-20-10-14-29(15-11-20)23(25-2)27-18-21-26-12-16-28(21)13-6-9-19-7-4-3-5-8-19;/h3-5,7-8,12,16,20H,6,9-11,13-15,17-18H2,1-2H3,(H,24,30)(H,25,27);1H. The van der Waals surface area contributed by atoms with Crippen LogP contribution in [0.15, 0.2) is 47.7 Å². The molecule has 0 aliphatic carbocycles. The number of halogens is 1. The Hall–Kier alpha value is -2.10. The van der Waals surface area contributed by atoms with E-state index in [4.69, 9.17) is 0 Å². The van der Waals surface area contributed by atoms with Crippen molar-refractivity contribution in [1.82, 2.24) is 25.1 Å². The van der Waals surface area contributed by atoms with E-state index in [1.807, 2.05) is 13.2 Å². The lowest BCUT2D eigenvalue weighted by molar-refractivity contribution is -0.121. The van der Waals surface area contributed by atoms with Crippen LogP contribution in [0.5, 0.6) is 0 Å². The first-order valence-electron chi connectivity index (χ1n) is 10.9. The van der Waals surface area contributed by atoms with E-state index in [0.717, 1.165) is 57.1 Å². The molecule has 1 aromatic heterocycles. The maximum Gasteiger partial charge on any atom is 0.220 e. The minimum Gasteiger partial charge on any atom is -0.359 e. The zero-order valence-electron chi connectivity index (χ0n) is 18.6. The number of guanidine groups is 1. The first kappa shape index (κ1) is 25.2. The van der Waals surface area contributed by atoms with E-state index in [1.165, 1.54) is 5.56 Å². The SMILES string of the molecule is CN=C(NCc1nccn1CCCc1ccccc1)N1CCC(CC(=O)NC)CC1.I. The van der Waals surface area contributed by atoms with Crippen molar-refractivity contribution in [2.45, 2.75) is 45.2 Å². The number of hydrogen-bond acceptors (Lipinski definition) is 3. The molecular formula is C23H35IN6O. The number of nitrogens with one attached hydrogen (secondary N) is 2. The molecule has 8 heteroatoms. The maximum atomic E-state index is 11.6. The minimum atomic E-state index is 0. The van der Waals surface area contributed by atoms with Gasteiger partial charge in [0, 0.05) is 52.5 Å². The van der Waals surface area contributed by atoms with Crippen LogP contribution in [0.1, 0.15) is 37.1 Å². The van der Waals surface area contributed by atoms with Crippen molar-refractivity contribution in [3.05, 3.63) is 54.1 Å². The summed E-state index contributed by atoms with van der Waals surface area (Å²) in [7, 11) is 3.53. The van der Waals surface area contributed by atoms with Crippen LogP contribution < -0.4 is 10.6 Å². The second kappa shape index (κ2) is 13.3. The monoisotopic (exact) mass is 538 g/mol. The third-order valence-electron chi connectivity index (χ3n) is 5.79. The second-order valence-corrected chi connectivity index (χ2v) is 7.83. The third-order valence-corrected chi connectivity index (χ3v) is 5.79. The number of piperidine rings is 1. The van der Waals surface area contributed by atoms with E-state index in [2.05, 4.69) is 66.6 Å². The van der Waals surface area contributed by atoms with Crippen LogP contribution in [0.25, 0.3) is 0 Å². The van der Waals surface area contributed by atoms with Gasteiger partial charge in [0.05, 0.1) is 6.54 Å². The van der Waals surface area contributed by atoms with Crippen LogP contribution in [0.2, 0.25) is 0 Å². The first-order chi connectivity index (χ1) is 14.7. The molecule has 0 atom stereocenters. The van der Waals surface area contributed by atoms with Crippen molar-refractivity contribution in [1.29, 1.82) is 0 Å². The van der Waals surface area contributed by atoms with Gasteiger partial charge in [0.1, 0.15) is 5.82 Å². The Morgan fingerprint density at radius 1 is 1.23 bits per heavy atom. The number of rotatable bonds is 8. The molecule has 3 rings (SSSR count). The highest BCUT2D eigenvalue weighted by Gasteiger charge is 2.23. The predicted molar refractivity (Wildman–Crippen MR) is 136 cm³/mol. The van der Waals surface area contributed by atoms with Crippen LogP contribution in [-0.2, 0) is 24.3 Å². The molecule has 0 unspecified atom stereocenters. The molecule has 0 radical (unpaired) electrons. The zero-order valence-corrected chi connectivity index (χ0v) is 20.9. The molecule has 1 aliphatic rings. The van der Waals surface area contributed by atoms with E-state index >= 15 is 0 Å². The van der Waals surface area contributed by atoms with Crippen molar-refractivity contribution in [2.75, 3.05) is 27.2 Å². The largest absolute Gasteiger partial charge is 0.359 e. The fraction of sp³-hybridized carbons (Fsp3) is 0.522. The van der Waals surface area contributed by atoms with E-state index in [1.54, 1.807) is 7.05 Å². The summed E-state index contributed by atoms with van der Waals surface area (Å²) in [6.07, 6.45) is 8.72. The Morgan fingerprint density at radius 3 is 2.65 bits per heavy atom. The summed E-state index contributed by atoms with van der Waals surface area (Å²) >= 11 is 0. The number of likely N-dealkylation sites (tertiary alicyclic amines) is 1. The second-order valence-electron chi connectivity index (χ2n) is 7.83. The van der Waals surface area contributed by atoms with Crippen molar-refractivity contribution in [2.24, 2.45) is 10.9 Å². The quantitative estimate of drug-likeness (QED) is 0.308. The number of aliphatic imine (C=N–C) groups is 1. The van der Waals surface area contributed by atoms with Crippen molar-refractivity contribution < 1.29 is 4.79 Å². The molecule has 1 aliphatic heterocycles. The molecular weight excluding hydrogens is 503 g/mol. The Labute approximate surface area is 202 Å². The van der Waals surface area contributed by atoms with Gasteiger partial charge < -0.3 is 20.1 Å². The molecule has 1 aromatic carbocycles. The van der Waals surface area contributed by atoms with Crippen LogP contribution in [0.4, 0.5) is 0 Å². The molecule has 170 valence electrons. The number of carbonyl (C=O) groups is 1. The molecule has 7 nitrogen and oxygen atoms in total. The number of imidazole rings is 1. The normalized spacial score (nSPS) is 14.8. The highest BCUT2D eigenvalue weighted by Crippen LogP contribution is 2.20. The van der Waals surface area contributed by atoms with Gasteiger partial charge in [0.15, 0.2) is 5.96 Å². The number of benzene rings is 1. The number of amides is 1. The smallest absolute Gasteiger partial charge is 0.220 e. The molecule has 1 amide bonds. The third kappa shape index (κ3) is 7.83. The summed E-state index contributed by atoms with van der Waals surface area (Å²) in [5, 5.41) is 6.19. The van der Waals surface area contributed by atoms with Crippen molar-refractivity contribution >= 4 is 35.8 Å². The van der Waals surface area contributed by atoms with Crippen LogP contribution in [-0.4, -0.2) is 53.5 Å². The van der Waals surface area contributed by atoms with Gasteiger partial charge in [0.2, 0.25) is 5.91 Å². The average molecular weight is 538 g/mol. The Balaban J connectivity index is 0.00000341.